The molecule has 0 spiro atoms. The summed E-state index contributed by atoms with van der Waals surface area (Å²) in [6.07, 6.45) is -0.580. The molecule has 0 aromatic heterocycles. The molecule has 0 radical (unpaired) electrons. The number of nitrogens with one attached hydrogen (secondary N) is 1. The van der Waals surface area contributed by atoms with Crippen molar-refractivity contribution in [3.8, 4) is 5.75 Å². The molecule has 7 heteroatoms. The summed E-state index contributed by atoms with van der Waals surface area (Å²) in [7, 11) is 2.94. The summed E-state index contributed by atoms with van der Waals surface area (Å²) in [5.74, 6) is 0.757. The van der Waals surface area contributed by atoms with Crippen molar-refractivity contribution in [3.05, 3.63) is 24.3 Å². The summed E-state index contributed by atoms with van der Waals surface area (Å²) < 4.78 is 9.80. The highest BCUT2D eigenvalue weighted by molar-refractivity contribution is 5.86. The number of ether oxygens (including phenoxy) is 2. The van der Waals surface area contributed by atoms with Crippen LogP contribution in [0.4, 0.5) is 10.5 Å². The van der Waals surface area contributed by atoms with Crippen LogP contribution in [0.25, 0.3) is 0 Å². The normalized spacial score (nSPS) is 15.7. The molecule has 138 valence electrons. The number of benzene rings is 1. The Bertz CT molecular complexity index is 580. The number of rotatable bonds is 5. The molecule has 1 aliphatic rings. The zero-order valence-corrected chi connectivity index (χ0v) is 15.3. The van der Waals surface area contributed by atoms with Gasteiger partial charge in [0.1, 0.15) is 11.8 Å². The fraction of sp³-hybridized carbons (Fsp3) is 0.556. The molecule has 7 nitrogen and oxygen atoms in total. The van der Waals surface area contributed by atoms with Gasteiger partial charge in [0.15, 0.2) is 0 Å². The highest BCUT2D eigenvalue weighted by Gasteiger charge is 2.31. The molecule has 25 heavy (non-hydrogen) atoms. The van der Waals surface area contributed by atoms with Crippen LogP contribution in [0.1, 0.15) is 13.8 Å². The number of amides is 2. The number of alkyl carbamates (subject to hydrolysis) is 1. The van der Waals surface area contributed by atoms with Gasteiger partial charge in [-0.3, -0.25) is 4.79 Å². The third kappa shape index (κ3) is 4.78. The van der Waals surface area contributed by atoms with Crippen molar-refractivity contribution in [3.63, 3.8) is 0 Å². The maximum Gasteiger partial charge on any atom is 0.407 e. The Morgan fingerprint density at radius 1 is 1.04 bits per heavy atom. The zero-order valence-electron chi connectivity index (χ0n) is 15.3. The third-order valence-corrected chi connectivity index (χ3v) is 4.42. The molecule has 0 bridgehead atoms. The Balaban J connectivity index is 1.95. The summed E-state index contributed by atoms with van der Waals surface area (Å²) in [6, 6.07) is 7.34. The van der Waals surface area contributed by atoms with E-state index in [9.17, 15) is 9.59 Å². The molecule has 1 aliphatic heterocycles. The first-order valence-electron chi connectivity index (χ1n) is 8.48. The molecule has 1 aromatic rings. The van der Waals surface area contributed by atoms with Crippen LogP contribution in [0.2, 0.25) is 0 Å². The van der Waals surface area contributed by atoms with Crippen LogP contribution in [0, 0.1) is 5.92 Å². The highest BCUT2D eigenvalue weighted by atomic mass is 16.5. The van der Waals surface area contributed by atoms with Crippen molar-refractivity contribution < 1.29 is 19.1 Å². The van der Waals surface area contributed by atoms with Crippen molar-refractivity contribution in [2.75, 3.05) is 45.3 Å². The van der Waals surface area contributed by atoms with Crippen LogP contribution >= 0.6 is 0 Å². The molecule has 1 unspecified atom stereocenters. The van der Waals surface area contributed by atoms with Gasteiger partial charge in [-0.2, -0.15) is 0 Å². The second-order valence-electron chi connectivity index (χ2n) is 6.37. The summed E-state index contributed by atoms with van der Waals surface area (Å²) in [4.78, 5) is 28.3. The van der Waals surface area contributed by atoms with Gasteiger partial charge in [0.25, 0.3) is 0 Å². The molecule has 1 saturated heterocycles. The molecule has 1 heterocycles. The van der Waals surface area contributed by atoms with Crippen molar-refractivity contribution in [1.82, 2.24) is 10.2 Å². The Labute approximate surface area is 148 Å². The van der Waals surface area contributed by atoms with Gasteiger partial charge in [-0.05, 0) is 30.2 Å². The smallest absolute Gasteiger partial charge is 0.407 e. The lowest BCUT2D eigenvalue weighted by atomic mass is 10.0. The Morgan fingerprint density at radius 3 is 2.12 bits per heavy atom. The zero-order chi connectivity index (χ0) is 18.4. The monoisotopic (exact) mass is 349 g/mol. The van der Waals surface area contributed by atoms with Gasteiger partial charge in [0.2, 0.25) is 5.91 Å². The Morgan fingerprint density at radius 2 is 1.64 bits per heavy atom. The van der Waals surface area contributed by atoms with E-state index in [-0.39, 0.29) is 11.8 Å². The first kappa shape index (κ1) is 18.9. The van der Waals surface area contributed by atoms with Crippen molar-refractivity contribution in [2.24, 2.45) is 5.92 Å². The van der Waals surface area contributed by atoms with Crippen LogP contribution in [0.15, 0.2) is 24.3 Å². The Kier molecular flexibility index (Phi) is 6.50. The quantitative estimate of drug-likeness (QED) is 0.876. The summed E-state index contributed by atoms with van der Waals surface area (Å²) in [5.41, 5.74) is 1.11. The van der Waals surface area contributed by atoms with Crippen molar-refractivity contribution >= 4 is 17.7 Å². The van der Waals surface area contributed by atoms with E-state index in [2.05, 4.69) is 15.0 Å². The number of hydrogen-bond donors (Lipinski definition) is 1. The topological polar surface area (TPSA) is 71.1 Å². The van der Waals surface area contributed by atoms with Crippen LogP contribution in [-0.4, -0.2) is 63.3 Å². The van der Waals surface area contributed by atoms with E-state index in [0.717, 1.165) is 24.5 Å². The summed E-state index contributed by atoms with van der Waals surface area (Å²) in [6.45, 7) is 6.56. The maximum atomic E-state index is 12.7. The lowest BCUT2D eigenvalue weighted by molar-refractivity contribution is -0.134. The lowest BCUT2D eigenvalue weighted by Gasteiger charge is -2.38. The van der Waals surface area contributed by atoms with E-state index in [4.69, 9.17) is 4.74 Å². The lowest BCUT2D eigenvalue weighted by Crippen LogP contribution is -2.56. The van der Waals surface area contributed by atoms with E-state index < -0.39 is 12.1 Å². The van der Waals surface area contributed by atoms with E-state index in [1.54, 1.807) is 12.0 Å². The first-order valence-corrected chi connectivity index (χ1v) is 8.48. The minimum Gasteiger partial charge on any atom is -0.497 e. The van der Waals surface area contributed by atoms with Crippen LogP contribution < -0.4 is 15.0 Å². The van der Waals surface area contributed by atoms with Gasteiger partial charge in [0.05, 0.1) is 14.2 Å². The van der Waals surface area contributed by atoms with E-state index >= 15 is 0 Å². The molecule has 1 fully saturated rings. The molecule has 1 N–H and O–H groups in total. The number of hydrogen-bond acceptors (Lipinski definition) is 5. The predicted molar refractivity (Wildman–Crippen MR) is 96.0 cm³/mol. The third-order valence-electron chi connectivity index (χ3n) is 4.42. The van der Waals surface area contributed by atoms with Crippen LogP contribution in [0.5, 0.6) is 5.75 Å². The fourth-order valence-electron chi connectivity index (χ4n) is 2.87. The summed E-state index contributed by atoms with van der Waals surface area (Å²) in [5, 5.41) is 2.64. The fourth-order valence-corrected chi connectivity index (χ4v) is 2.87. The molecule has 0 aliphatic carbocycles. The molecule has 2 rings (SSSR count). The number of nitrogens with zero attached hydrogens (tertiary/aromatic N) is 2. The number of methoxy groups -OCH3 is 2. The Hall–Kier alpha value is -2.44. The number of carbonyl (C=O) groups is 2. The minimum absolute atomic E-state index is 0.00813. The second kappa shape index (κ2) is 8.60. The standard InChI is InChI=1S/C18H27N3O4/c1-13(2)16(19-18(23)25-4)17(22)21-11-9-20(10-12-21)14-5-7-15(24-3)8-6-14/h5-8,13,16H,9-12H2,1-4H3,(H,19,23). The predicted octanol–water partition coefficient (Wildman–Crippen LogP) is 1.72. The van der Waals surface area contributed by atoms with E-state index in [0.29, 0.717) is 13.1 Å². The minimum atomic E-state index is -0.580. The van der Waals surface area contributed by atoms with E-state index in [1.165, 1.54) is 7.11 Å². The molecule has 0 saturated carbocycles. The largest absolute Gasteiger partial charge is 0.497 e. The molecule has 2 amide bonds. The SMILES string of the molecule is COC(=O)NC(C(=O)N1CCN(c2ccc(OC)cc2)CC1)C(C)C. The average molecular weight is 349 g/mol. The molecular weight excluding hydrogens is 322 g/mol. The van der Waals surface area contributed by atoms with Crippen LogP contribution in [0.3, 0.4) is 0 Å². The van der Waals surface area contributed by atoms with Gasteiger partial charge < -0.3 is 24.6 Å². The second-order valence-corrected chi connectivity index (χ2v) is 6.37. The van der Waals surface area contributed by atoms with Crippen molar-refractivity contribution in [1.29, 1.82) is 0 Å². The number of piperazine rings is 1. The van der Waals surface area contributed by atoms with Gasteiger partial charge in [-0.25, -0.2) is 4.79 Å². The first-order chi connectivity index (χ1) is 12.0. The number of anilines is 1. The molecule has 1 atom stereocenters. The van der Waals surface area contributed by atoms with Gasteiger partial charge in [-0.1, -0.05) is 13.8 Å². The van der Waals surface area contributed by atoms with Gasteiger partial charge in [0, 0.05) is 31.9 Å². The van der Waals surface area contributed by atoms with Gasteiger partial charge >= 0.3 is 6.09 Å². The maximum absolute atomic E-state index is 12.7. The van der Waals surface area contributed by atoms with Crippen molar-refractivity contribution in [2.45, 2.75) is 19.9 Å². The molecular formula is C18H27N3O4. The van der Waals surface area contributed by atoms with E-state index in [1.807, 2.05) is 38.1 Å². The van der Waals surface area contributed by atoms with Gasteiger partial charge in [-0.15, -0.1) is 0 Å². The van der Waals surface area contributed by atoms with Crippen LogP contribution in [-0.2, 0) is 9.53 Å². The molecule has 1 aromatic carbocycles. The highest BCUT2D eigenvalue weighted by Crippen LogP contribution is 2.21. The number of carbonyl (C=O) groups excluding carboxylic acids is 2. The average Bonchev–Trinajstić information content (AvgIpc) is 2.65. The summed E-state index contributed by atoms with van der Waals surface area (Å²) >= 11 is 0.